The molecule has 62 valence electrons. The third-order valence-electron chi connectivity index (χ3n) is 1.82. The quantitative estimate of drug-likeness (QED) is 0.645. The van der Waals surface area contributed by atoms with Gasteiger partial charge in [0.05, 0.1) is 0 Å². The Balaban J connectivity index is 2.98. The number of hydrogen-bond acceptors (Lipinski definition) is 1. The highest BCUT2D eigenvalue weighted by Gasteiger charge is 2.08. The van der Waals surface area contributed by atoms with Gasteiger partial charge in [-0.05, 0) is 41.1 Å². The lowest BCUT2D eigenvalue weighted by molar-refractivity contribution is 0.644. The zero-order valence-corrected chi connectivity index (χ0v) is 9.37. The lowest BCUT2D eigenvalue weighted by Crippen LogP contribution is -1.78. The highest BCUT2D eigenvalue weighted by atomic mass is 127. The second kappa shape index (κ2) is 2.96. The summed E-state index contributed by atoms with van der Waals surface area (Å²) in [6, 6.07) is 3.98. The molecule has 1 heterocycles. The Morgan fingerprint density at radius 1 is 1.42 bits per heavy atom. The van der Waals surface area contributed by atoms with Gasteiger partial charge in [-0.25, -0.2) is 4.39 Å². The normalized spacial score (nSPS) is 10.9. The Morgan fingerprint density at radius 2 is 2.17 bits per heavy atom. The largest absolute Gasteiger partial charge is 0.205 e. The maximum Gasteiger partial charge on any atom is 0.142 e. The summed E-state index contributed by atoms with van der Waals surface area (Å²) in [7, 11) is 0. The molecule has 0 aliphatic carbocycles. The smallest absolute Gasteiger partial charge is 0.142 e. The van der Waals surface area contributed by atoms with Gasteiger partial charge in [0, 0.05) is 19.0 Å². The van der Waals surface area contributed by atoms with Gasteiger partial charge < -0.3 is 0 Å². The van der Waals surface area contributed by atoms with E-state index in [1.54, 1.807) is 5.38 Å². The van der Waals surface area contributed by atoms with Crippen molar-refractivity contribution >= 4 is 44.0 Å². The molecule has 3 heteroatoms. The molecule has 0 saturated heterocycles. The van der Waals surface area contributed by atoms with Crippen LogP contribution in [0.2, 0.25) is 0 Å². The Labute approximate surface area is 87.5 Å². The predicted molar refractivity (Wildman–Crippen MR) is 59.2 cm³/mol. The van der Waals surface area contributed by atoms with E-state index in [9.17, 15) is 4.39 Å². The van der Waals surface area contributed by atoms with Crippen LogP contribution >= 0.6 is 33.9 Å². The summed E-state index contributed by atoms with van der Waals surface area (Å²) in [5.41, 5.74) is 1.15. The summed E-state index contributed by atoms with van der Waals surface area (Å²) in [6.07, 6.45) is 0. The fourth-order valence-electron chi connectivity index (χ4n) is 1.21. The average molecular weight is 292 g/mol. The van der Waals surface area contributed by atoms with Crippen LogP contribution in [0.25, 0.3) is 10.1 Å². The Morgan fingerprint density at radius 3 is 2.83 bits per heavy atom. The SMILES string of the molecule is Cc1ccc(I)c2c(F)csc12. The van der Waals surface area contributed by atoms with Crippen LogP contribution in [0.5, 0.6) is 0 Å². The lowest BCUT2D eigenvalue weighted by Gasteiger charge is -1.97. The highest BCUT2D eigenvalue weighted by molar-refractivity contribution is 14.1. The number of rotatable bonds is 0. The van der Waals surface area contributed by atoms with Crippen molar-refractivity contribution in [2.45, 2.75) is 6.92 Å². The predicted octanol–water partition coefficient (Wildman–Crippen LogP) is 3.95. The average Bonchev–Trinajstić information content (AvgIpc) is 2.42. The molecule has 0 N–H and O–H groups in total. The molecule has 0 bridgehead atoms. The van der Waals surface area contributed by atoms with Gasteiger partial charge in [-0.1, -0.05) is 6.07 Å². The van der Waals surface area contributed by atoms with Gasteiger partial charge >= 0.3 is 0 Å². The molecule has 0 unspecified atom stereocenters. The number of thiophene rings is 1. The van der Waals surface area contributed by atoms with E-state index in [0.717, 1.165) is 19.2 Å². The minimum atomic E-state index is -0.0944. The zero-order chi connectivity index (χ0) is 8.72. The van der Waals surface area contributed by atoms with Crippen LogP contribution < -0.4 is 0 Å². The molecule has 2 aromatic rings. The first-order valence-electron chi connectivity index (χ1n) is 3.52. The van der Waals surface area contributed by atoms with E-state index >= 15 is 0 Å². The molecular formula is C9H6FIS. The van der Waals surface area contributed by atoms with Crippen molar-refractivity contribution in [3.63, 3.8) is 0 Å². The minimum absolute atomic E-state index is 0.0944. The van der Waals surface area contributed by atoms with Crippen molar-refractivity contribution in [2.75, 3.05) is 0 Å². The molecule has 0 atom stereocenters. The van der Waals surface area contributed by atoms with E-state index in [4.69, 9.17) is 0 Å². The Hall–Kier alpha value is -0.160. The minimum Gasteiger partial charge on any atom is -0.205 e. The summed E-state index contributed by atoms with van der Waals surface area (Å²) < 4.78 is 15.3. The number of benzene rings is 1. The van der Waals surface area contributed by atoms with E-state index in [1.165, 1.54) is 11.3 Å². The highest BCUT2D eigenvalue weighted by Crippen LogP contribution is 2.31. The molecule has 2 rings (SSSR count). The summed E-state index contributed by atoms with van der Waals surface area (Å²) in [5, 5.41) is 2.35. The molecule has 1 aromatic carbocycles. The number of hydrogen-bond donors (Lipinski definition) is 0. The van der Waals surface area contributed by atoms with E-state index < -0.39 is 0 Å². The van der Waals surface area contributed by atoms with Crippen molar-refractivity contribution in [3.05, 3.63) is 32.5 Å². The van der Waals surface area contributed by atoms with Crippen LogP contribution in [0, 0.1) is 16.3 Å². The van der Waals surface area contributed by atoms with Crippen LogP contribution in [-0.4, -0.2) is 0 Å². The fourth-order valence-corrected chi connectivity index (χ4v) is 3.02. The van der Waals surface area contributed by atoms with Gasteiger partial charge in [-0.2, -0.15) is 0 Å². The second-order valence-corrected chi connectivity index (χ2v) is 4.69. The van der Waals surface area contributed by atoms with E-state index in [2.05, 4.69) is 22.6 Å². The van der Waals surface area contributed by atoms with Crippen LogP contribution in [0.1, 0.15) is 5.56 Å². The molecule has 12 heavy (non-hydrogen) atoms. The first-order chi connectivity index (χ1) is 5.70. The number of halogens is 2. The second-order valence-electron chi connectivity index (χ2n) is 2.65. The molecule has 0 fully saturated rings. The molecule has 0 amide bonds. The molecule has 0 spiro atoms. The van der Waals surface area contributed by atoms with Gasteiger partial charge in [0.15, 0.2) is 0 Å². The van der Waals surface area contributed by atoms with Crippen molar-refractivity contribution in [3.8, 4) is 0 Å². The molecule has 0 aliphatic heterocycles. The standard InChI is InChI=1S/C9H6FIS/c1-5-2-3-7(11)8-6(10)4-12-9(5)8/h2-4H,1H3. The third-order valence-corrected chi connectivity index (χ3v) is 3.81. The first kappa shape index (κ1) is 8.44. The number of fused-ring (bicyclic) bond motifs is 1. The third kappa shape index (κ3) is 1.15. The topological polar surface area (TPSA) is 0 Å². The molecule has 0 saturated carbocycles. The van der Waals surface area contributed by atoms with Crippen LogP contribution in [-0.2, 0) is 0 Å². The molecule has 1 aromatic heterocycles. The van der Waals surface area contributed by atoms with Crippen LogP contribution in [0.15, 0.2) is 17.5 Å². The number of aryl methyl sites for hydroxylation is 1. The Bertz CT molecular complexity index is 433. The lowest BCUT2D eigenvalue weighted by atomic mass is 10.2. The summed E-state index contributed by atoms with van der Waals surface area (Å²) in [5.74, 6) is -0.0944. The van der Waals surface area contributed by atoms with Gasteiger partial charge in [0.1, 0.15) is 5.82 Å². The fraction of sp³-hybridized carbons (Fsp3) is 0.111. The summed E-state index contributed by atoms with van der Waals surface area (Å²) >= 11 is 3.64. The van der Waals surface area contributed by atoms with E-state index in [1.807, 2.05) is 19.1 Å². The van der Waals surface area contributed by atoms with Gasteiger partial charge in [-0.15, -0.1) is 11.3 Å². The maximum atomic E-state index is 13.2. The zero-order valence-electron chi connectivity index (χ0n) is 6.40. The van der Waals surface area contributed by atoms with Crippen LogP contribution in [0.3, 0.4) is 0 Å². The van der Waals surface area contributed by atoms with Gasteiger partial charge in [-0.3, -0.25) is 0 Å². The Kier molecular flexibility index (Phi) is 2.08. The molecule has 0 nitrogen and oxygen atoms in total. The van der Waals surface area contributed by atoms with E-state index in [0.29, 0.717) is 0 Å². The van der Waals surface area contributed by atoms with Crippen molar-refractivity contribution in [1.29, 1.82) is 0 Å². The van der Waals surface area contributed by atoms with Gasteiger partial charge in [0.2, 0.25) is 0 Å². The monoisotopic (exact) mass is 292 g/mol. The molecular weight excluding hydrogens is 286 g/mol. The van der Waals surface area contributed by atoms with Crippen molar-refractivity contribution in [2.24, 2.45) is 0 Å². The van der Waals surface area contributed by atoms with Gasteiger partial charge in [0.25, 0.3) is 0 Å². The molecule has 0 radical (unpaired) electrons. The van der Waals surface area contributed by atoms with E-state index in [-0.39, 0.29) is 5.82 Å². The molecule has 0 aliphatic rings. The van der Waals surface area contributed by atoms with Crippen molar-refractivity contribution < 1.29 is 4.39 Å². The maximum absolute atomic E-state index is 13.2. The van der Waals surface area contributed by atoms with Crippen LogP contribution in [0.4, 0.5) is 4.39 Å². The van der Waals surface area contributed by atoms with Crippen molar-refractivity contribution in [1.82, 2.24) is 0 Å². The first-order valence-corrected chi connectivity index (χ1v) is 5.48. The summed E-state index contributed by atoms with van der Waals surface area (Å²) in [6.45, 7) is 2.01. The summed E-state index contributed by atoms with van der Waals surface area (Å²) in [4.78, 5) is 0.